The van der Waals surface area contributed by atoms with Crippen LogP contribution in [-0.4, -0.2) is 51.6 Å². The molecule has 3 rings (SSSR count). The molecule has 0 saturated carbocycles. The average Bonchev–Trinajstić information content (AvgIpc) is 2.99. The quantitative estimate of drug-likeness (QED) is 0.888. The summed E-state index contributed by atoms with van der Waals surface area (Å²) in [4.78, 5) is 13.2. The number of nitrogens with two attached hydrogens (primary N) is 1. The highest BCUT2D eigenvalue weighted by Gasteiger charge is 2.25. The van der Waals surface area contributed by atoms with E-state index in [1.807, 2.05) is 4.90 Å². The van der Waals surface area contributed by atoms with Gasteiger partial charge >= 0.3 is 0 Å². The van der Waals surface area contributed by atoms with E-state index in [-0.39, 0.29) is 5.02 Å². The Morgan fingerprint density at radius 1 is 1.52 bits per heavy atom. The van der Waals surface area contributed by atoms with Crippen molar-refractivity contribution in [2.45, 2.75) is 12.6 Å². The Balaban J connectivity index is 1.69. The number of nitrogens with zero attached hydrogens (tertiary/aromatic N) is 4. The minimum atomic E-state index is -0.602. The molecule has 7 nitrogen and oxygen atoms in total. The second-order valence-corrected chi connectivity index (χ2v) is 5.66. The van der Waals surface area contributed by atoms with Crippen molar-refractivity contribution < 1.29 is 13.9 Å². The number of ether oxygens (including phenoxy) is 1. The molecule has 0 aliphatic carbocycles. The van der Waals surface area contributed by atoms with Crippen LogP contribution in [0.1, 0.15) is 5.69 Å². The van der Waals surface area contributed by atoms with Crippen molar-refractivity contribution in [2.75, 3.05) is 19.7 Å². The molecule has 1 unspecified atom stereocenters. The minimum Gasteiger partial charge on any atom is -0.367 e. The van der Waals surface area contributed by atoms with E-state index < -0.39 is 17.8 Å². The summed E-state index contributed by atoms with van der Waals surface area (Å²) in [6, 6.07) is 4.32. The minimum absolute atomic E-state index is 0.0250. The molecule has 1 amide bonds. The van der Waals surface area contributed by atoms with Gasteiger partial charge in [0.1, 0.15) is 11.9 Å². The molecule has 2 heterocycles. The summed E-state index contributed by atoms with van der Waals surface area (Å²) in [7, 11) is 0. The van der Waals surface area contributed by atoms with E-state index in [0.29, 0.717) is 31.9 Å². The van der Waals surface area contributed by atoms with Crippen molar-refractivity contribution in [1.82, 2.24) is 19.9 Å². The van der Waals surface area contributed by atoms with Gasteiger partial charge in [-0.3, -0.25) is 9.69 Å². The third-order valence-electron chi connectivity index (χ3n) is 3.56. The van der Waals surface area contributed by atoms with Crippen LogP contribution in [0, 0.1) is 5.82 Å². The summed E-state index contributed by atoms with van der Waals surface area (Å²) in [5, 5.41) is 8.12. The number of carbonyl (C=O) groups is 1. The molecular weight excluding hydrogens is 325 g/mol. The van der Waals surface area contributed by atoms with Gasteiger partial charge in [0.25, 0.3) is 0 Å². The zero-order valence-corrected chi connectivity index (χ0v) is 12.9. The highest BCUT2D eigenvalue weighted by Crippen LogP contribution is 2.18. The van der Waals surface area contributed by atoms with E-state index in [9.17, 15) is 9.18 Å². The average molecular weight is 340 g/mol. The van der Waals surface area contributed by atoms with Crippen molar-refractivity contribution in [1.29, 1.82) is 0 Å². The Morgan fingerprint density at radius 2 is 2.35 bits per heavy atom. The number of benzene rings is 1. The molecule has 0 bridgehead atoms. The van der Waals surface area contributed by atoms with Crippen LogP contribution in [-0.2, 0) is 16.1 Å². The maximum absolute atomic E-state index is 13.2. The molecule has 0 spiro atoms. The zero-order valence-electron chi connectivity index (χ0n) is 12.2. The number of hydrogen-bond donors (Lipinski definition) is 1. The van der Waals surface area contributed by atoms with Crippen LogP contribution >= 0.6 is 11.6 Å². The maximum Gasteiger partial charge on any atom is 0.247 e. The lowest BCUT2D eigenvalue weighted by Crippen LogP contribution is -2.47. The summed E-state index contributed by atoms with van der Waals surface area (Å²) in [6.07, 6.45) is 1.13. The van der Waals surface area contributed by atoms with E-state index in [1.165, 1.54) is 16.8 Å². The predicted octanol–water partition coefficient (Wildman–Crippen LogP) is 0.746. The van der Waals surface area contributed by atoms with Crippen LogP contribution in [0.5, 0.6) is 0 Å². The number of carbonyl (C=O) groups excluding carboxylic acids is 1. The Labute approximate surface area is 136 Å². The van der Waals surface area contributed by atoms with E-state index in [1.54, 1.807) is 12.3 Å². The molecule has 9 heteroatoms. The van der Waals surface area contributed by atoms with Crippen LogP contribution in [0.3, 0.4) is 0 Å². The van der Waals surface area contributed by atoms with Gasteiger partial charge in [-0.1, -0.05) is 16.8 Å². The van der Waals surface area contributed by atoms with Gasteiger partial charge in [0.05, 0.1) is 29.2 Å². The number of hydrogen-bond acceptors (Lipinski definition) is 5. The number of halogens is 2. The van der Waals surface area contributed by atoms with Gasteiger partial charge in [-0.2, -0.15) is 0 Å². The molecule has 122 valence electrons. The fraction of sp³-hybridized carbons (Fsp3) is 0.357. The van der Waals surface area contributed by atoms with E-state index in [4.69, 9.17) is 22.1 Å². The number of amides is 1. The van der Waals surface area contributed by atoms with E-state index in [0.717, 1.165) is 5.69 Å². The molecule has 1 saturated heterocycles. The maximum atomic E-state index is 13.2. The van der Waals surface area contributed by atoms with Crippen molar-refractivity contribution in [3.05, 3.63) is 40.9 Å². The van der Waals surface area contributed by atoms with Crippen LogP contribution in [0.2, 0.25) is 5.02 Å². The molecule has 1 aliphatic rings. The van der Waals surface area contributed by atoms with E-state index >= 15 is 0 Å². The number of rotatable bonds is 4. The van der Waals surface area contributed by atoms with E-state index in [2.05, 4.69) is 10.3 Å². The topological polar surface area (TPSA) is 86.3 Å². The molecule has 2 aromatic rings. The van der Waals surface area contributed by atoms with Gasteiger partial charge in [-0.15, -0.1) is 5.10 Å². The smallest absolute Gasteiger partial charge is 0.247 e. The van der Waals surface area contributed by atoms with Crippen molar-refractivity contribution in [2.24, 2.45) is 5.73 Å². The standard InChI is InChI=1S/C14H15ClFN5O2/c15-11-5-10(1-2-12(11)16)21-7-9(18-19-21)6-20-3-4-23-13(8-20)14(17)22/h1-2,5,7,13H,3-4,6,8H2,(H2,17,22). The van der Waals surface area contributed by atoms with Crippen molar-refractivity contribution >= 4 is 17.5 Å². The molecule has 1 atom stereocenters. The molecule has 2 N–H and O–H groups in total. The Kier molecular flexibility index (Phi) is 4.56. The Bertz CT molecular complexity index is 723. The molecule has 23 heavy (non-hydrogen) atoms. The Morgan fingerprint density at radius 3 is 3.09 bits per heavy atom. The largest absolute Gasteiger partial charge is 0.367 e. The first-order valence-corrected chi connectivity index (χ1v) is 7.40. The first-order valence-electron chi connectivity index (χ1n) is 7.03. The van der Waals surface area contributed by atoms with Crippen LogP contribution < -0.4 is 5.73 Å². The van der Waals surface area contributed by atoms with Gasteiger partial charge in [0, 0.05) is 19.6 Å². The lowest BCUT2D eigenvalue weighted by Gasteiger charge is -2.30. The molecular formula is C14H15ClFN5O2. The molecule has 1 aliphatic heterocycles. The lowest BCUT2D eigenvalue weighted by atomic mass is 10.2. The SMILES string of the molecule is NC(=O)C1CN(Cc2cn(-c3ccc(F)c(Cl)c3)nn2)CCO1. The molecule has 1 aromatic heterocycles. The van der Waals surface area contributed by atoms with Gasteiger partial charge in [0.15, 0.2) is 0 Å². The fourth-order valence-electron chi connectivity index (χ4n) is 2.37. The van der Waals surface area contributed by atoms with Crippen molar-refractivity contribution in [3.63, 3.8) is 0 Å². The third kappa shape index (κ3) is 3.66. The summed E-state index contributed by atoms with van der Waals surface area (Å²) >= 11 is 5.77. The summed E-state index contributed by atoms with van der Waals surface area (Å²) in [5.74, 6) is -0.958. The lowest BCUT2D eigenvalue weighted by molar-refractivity contribution is -0.135. The summed E-state index contributed by atoms with van der Waals surface area (Å²) in [6.45, 7) is 2.06. The monoisotopic (exact) mass is 339 g/mol. The van der Waals surface area contributed by atoms with Gasteiger partial charge in [0.2, 0.25) is 5.91 Å². The predicted molar refractivity (Wildman–Crippen MR) is 80.5 cm³/mol. The van der Waals surface area contributed by atoms with Gasteiger partial charge < -0.3 is 10.5 Å². The van der Waals surface area contributed by atoms with Gasteiger partial charge in [-0.25, -0.2) is 9.07 Å². The fourth-order valence-corrected chi connectivity index (χ4v) is 2.55. The second-order valence-electron chi connectivity index (χ2n) is 5.25. The number of aromatic nitrogens is 3. The van der Waals surface area contributed by atoms with Crippen LogP contribution in [0.4, 0.5) is 4.39 Å². The van der Waals surface area contributed by atoms with Crippen LogP contribution in [0.15, 0.2) is 24.4 Å². The highest BCUT2D eigenvalue weighted by atomic mass is 35.5. The van der Waals surface area contributed by atoms with Crippen LogP contribution in [0.25, 0.3) is 5.69 Å². The third-order valence-corrected chi connectivity index (χ3v) is 3.85. The summed E-state index contributed by atoms with van der Waals surface area (Å²) in [5.41, 5.74) is 6.60. The normalized spacial score (nSPS) is 19.0. The zero-order chi connectivity index (χ0) is 16.4. The molecule has 1 aromatic carbocycles. The number of primary amides is 1. The Hall–Kier alpha value is -2.03. The first-order chi connectivity index (χ1) is 11.0. The molecule has 1 fully saturated rings. The number of morpholine rings is 1. The summed E-state index contributed by atoms with van der Waals surface area (Å²) < 4.78 is 20.0. The second kappa shape index (κ2) is 6.61. The highest BCUT2D eigenvalue weighted by molar-refractivity contribution is 6.30. The van der Waals surface area contributed by atoms with Gasteiger partial charge in [-0.05, 0) is 18.2 Å². The van der Waals surface area contributed by atoms with Crippen molar-refractivity contribution in [3.8, 4) is 5.69 Å². The molecule has 0 radical (unpaired) electrons. The first kappa shape index (κ1) is 15.9.